The Balaban J connectivity index is -0.00000000500. The van der Waals surface area contributed by atoms with E-state index in [4.69, 9.17) is 4.57 Å². The van der Waals surface area contributed by atoms with Gasteiger partial charge in [-0.05, 0) is 0 Å². The van der Waals surface area contributed by atoms with Crippen molar-refractivity contribution in [2.75, 3.05) is 0 Å². The second-order valence-electron chi connectivity index (χ2n) is 0. The van der Waals surface area contributed by atoms with E-state index < -0.39 is 0 Å². The molecule has 0 saturated carbocycles. The minimum atomic E-state index is 0. The van der Waals surface area contributed by atoms with Crippen LogP contribution < -0.4 is 0 Å². The summed E-state index contributed by atoms with van der Waals surface area (Å²) in [6.07, 6.45) is 0. The molecule has 0 aromatic rings. The maximum atomic E-state index is 8.06. The molecule has 22 valence electrons. The van der Waals surface area contributed by atoms with Crippen molar-refractivity contribution >= 4 is 28.0 Å². The van der Waals surface area contributed by atoms with Crippen LogP contribution in [0.2, 0.25) is 0 Å². The molecule has 0 aliphatic carbocycles. The van der Waals surface area contributed by atoms with Crippen LogP contribution in [-0.4, -0.2) is 18.9 Å². The zero-order valence-electron chi connectivity index (χ0n) is 1.26. The van der Waals surface area contributed by atoms with Gasteiger partial charge in [-0.2, -0.15) is 0 Å². The molecule has 0 aromatic carbocycles. The molecule has 0 saturated heterocycles. The Morgan fingerprint density at radius 2 is 1.25 bits per heavy atom. The Bertz CT molecular complexity index is 8.00. The monoisotopic (exact) mass is 112 g/mol. The van der Waals surface area contributed by atoms with Crippen LogP contribution in [0.4, 0.5) is 0 Å². The Labute approximate surface area is 49.8 Å². The van der Waals surface area contributed by atoms with Crippen LogP contribution in [0.25, 0.3) is 0 Å². The number of rotatable bonds is 0. The van der Waals surface area contributed by atoms with Crippen molar-refractivity contribution < 1.29 is 21.6 Å². The second-order valence-corrected chi connectivity index (χ2v) is 0. The Hall–Kier alpha value is 1.22. The van der Waals surface area contributed by atoms with E-state index in [9.17, 15) is 0 Å². The third-order valence-electron chi connectivity index (χ3n) is 0. The van der Waals surface area contributed by atoms with Gasteiger partial charge in [-0.15, -0.1) is 0 Å². The van der Waals surface area contributed by atoms with Gasteiger partial charge in [0.1, 0.15) is 9.12 Å². The van der Waals surface area contributed by atoms with Gasteiger partial charge in [0, 0.05) is 17.1 Å². The van der Waals surface area contributed by atoms with Gasteiger partial charge in [0.15, 0.2) is 0 Å². The normalized spacial score (nSPS) is 1.00. The van der Waals surface area contributed by atoms with Crippen LogP contribution in [0.1, 0.15) is 0 Å². The summed E-state index contributed by atoms with van der Waals surface area (Å²) in [6, 6.07) is 0. The topological polar surface area (TPSA) is 17.1 Å². The summed E-state index contributed by atoms with van der Waals surface area (Å²) < 4.78 is 8.06. The van der Waals surface area contributed by atoms with Crippen molar-refractivity contribution in [2.45, 2.75) is 0 Å². The summed E-state index contributed by atoms with van der Waals surface area (Å²) in [5.41, 5.74) is 0. The van der Waals surface area contributed by atoms with Crippen molar-refractivity contribution in [1.29, 1.82) is 0 Å². The first-order chi connectivity index (χ1) is 1.00. The van der Waals surface area contributed by atoms with E-state index in [-0.39, 0.29) is 35.9 Å². The Kier molecular flexibility index (Phi) is 139. The fourth-order valence-corrected chi connectivity index (χ4v) is 0. The molecule has 0 atom stereocenters. The molecule has 0 bridgehead atoms. The summed E-state index contributed by atoms with van der Waals surface area (Å²) in [4.78, 5) is 0. The molecular formula is H2FeLiOP. The molecule has 0 amide bonds. The predicted molar refractivity (Wildman–Crippen MR) is 16.2 cm³/mol. The Morgan fingerprint density at radius 3 is 1.25 bits per heavy atom. The standard InChI is InChI=1S/Fe.Li.HOP.H/c;;1-2;/h;;2H;. The van der Waals surface area contributed by atoms with Crippen LogP contribution in [-0.2, 0) is 21.6 Å². The molecule has 0 unspecified atom stereocenters. The maximum absolute atomic E-state index is 8.06. The van der Waals surface area contributed by atoms with E-state index in [0.29, 0.717) is 0 Å². The molecule has 0 N–H and O–H groups in total. The molecule has 4 heavy (non-hydrogen) atoms. The zero-order chi connectivity index (χ0) is 2.00. The van der Waals surface area contributed by atoms with Gasteiger partial charge in [-0.25, -0.2) is 0 Å². The predicted octanol–water partition coefficient (Wildman–Crippen LogP) is -0.176. The Morgan fingerprint density at radius 1 is 1.25 bits per heavy atom. The molecule has 0 fully saturated rings. The molecule has 0 aromatic heterocycles. The third kappa shape index (κ3) is 10.7. The summed E-state index contributed by atoms with van der Waals surface area (Å²) in [5.74, 6) is 0. The van der Waals surface area contributed by atoms with Gasteiger partial charge >= 0.3 is 18.9 Å². The first-order valence-corrected chi connectivity index (χ1v) is 0.612. The fraction of sp³-hybridized carbons (Fsp3) is 0. The average molecular weight is 112 g/mol. The number of hydrogen-bond acceptors (Lipinski definition) is 1. The van der Waals surface area contributed by atoms with E-state index in [2.05, 4.69) is 0 Å². The molecule has 0 rings (SSSR count). The SMILES string of the molecule is O=P.[Fe].[LiH]. The first kappa shape index (κ1) is 18.9. The summed E-state index contributed by atoms with van der Waals surface area (Å²) in [6.45, 7) is 0. The van der Waals surface area contributed by atoms with Crippen LogP contribution in [0.3, 0.4) is 0 Å². The summed E-state index contributed by atoms with van der Waals surface area (Å²) in [7, 11) is 1.72. The molecular weight excluding hydrogens is 110 g/mol. The van der Waals surface area contributed by atoms with Gasteiger partial charge in [0.2, 0.25) is 0 Å². The van der Waals surface area contributed by atoms with Gasteiger partial charge in [-0.1, -0.05) is 0 Å². The molecule has 0 aliphatic rings. The minimum absolute atomic E-state index is 0. The fourth-order valence-electron chi connectivity index (χ4n) is 0. The summed E-state index contributed by atoms with van der Waals surface area (Å²) in [5, 5.41) is 0. The van der Waals surface area contributed by atoms with Crippen LogP contribution in [0.15, 0.2) is 0 Å². The molecule has 0 spiro atoms. The van der Waals surface area contributed by atoms with Crippen LogP contribution >= 0.6 is 9.12 Å². The van der Waals surface area contributed by atoms with Crippen LogP contribution in [0, 0.1) is 0 Å². The molecule has 0 aliphatic heterocycles. The van der Waals surface area contributed by atoms with Crippen LogP contribution in [0.5, 0.6) is 0 Å². The van der Waals surface area contributed by atoms with Gasteiger partial charge in [0.25, 0.3) is 0 Å². The molecule has 4 heteroatoms. The van der Waals surface area contributed by atoms with Crippen molar-refractivity contribution in [1.82, 2.24) is 0 Å². The van der Waals surface area contributed by atoms with Gasteiger partial charge in [-0.3, -0.25) is 4.57 Å². The molecule has 0 heterocycles. The van der Waals surface area contributed by atoms with Gasteiger partial charge < -0.3 is 0 Å². The van der Waals surface area contributed by atoms with Crippen molar-refractivity contribution in [2.24, 2.45) is 0 Å². The van der Waals surface area contributed by atoms with E-state index in [0.717, 1.165) is 0 Å². The zero-order valence-corrected chi connectivity index (χ0v) is 3.37. The van der Waals surface area contributed by atoms with Crippen molar-refractivity contribution in [3.63, 3.8) is 0 Å². The second kappa shape index (κ2) is 29.5. The average Bonchev–Trinajstić information content (AvgIpc) is 1.00. The number of hydrogen-bond donors (Lipinski definition) is 0. The van der Waals surface area contributed by atoms with E-state index in [1.807, 2.05) is 0 Å². The quantitative estimate of drug-likeness (QED) is 0.313. The summed E-state index contributed by atoms with van der Waals surface area (Å²) >= 11 is 0. The van der Waals surface area contributed by atoms with Crippen molar-refractivity contribution in [3.05, 3.63) is 0 Å². The van der Waals surface area contributed by atoms with Crippen molar-refractivity contribution in [3.8, 4) is 0 Å². The van der Waals surface area contributed by atoms with E-state index in [1.165, 1.54) is 0 Å². The first-order valence-electron chi connectivity index (χ1n) is 0.204. The van der Waals surface area contributed by atoms with Gasteiger partial charge in [0.05, 0.1) is 0 Å². The van der Waals surface area contributed by atoms with E-state index >= 15 is 0 Å². The molecule has 0 radical (unpaired) electrons. The molecule has 1 nitrogen and oxygen atoms in total. The van der Waals surface area contributed by atoms with E-state index in [1.54, 1.807) is 9.12 Å². The third-order valence-corrected chi connectivity index (χ3v) is 0.